The van der Waals surface area contributed by atoms with Gasteiger partial charge in [-0.3, -0.25) is 30.1 Å². The lowest BCUT2D eigenvalue weighted by atomic mass is 10.3. The summed E-state index contributed by atoms with van der Waals surface area (Å²) in [4.78, 5) is 56.4. The van der Waals surface area contributed by atoms with Gasteiger partial charge in [-0.25, -0.2) is 32.5 Å². The van der Waals surface area contributed by atoms with Gasteiger partial charge in [-0.2, -0.15) is 4.99 Å². The molecule has 2 unspecified atom stereocenters. The number of nitro benzene ring substituents is 1. The topological polar surface area (TPSA) is 250 Å². The van der Waals surface area contributed by atoms with Crippen LogP contribution in [0.2, 0.25) is 0 Å². The maximum absolute atomic E-state index is 11.6. The first kappa shape index (κ1) is 51.7. The van der Waals surface area contributed by atoms with E-state index < -0.39 is 41.6 Å². The van der Waals surface area contributed by atoms with Crippen LogP contribution in [0, 0.1) is 23.3 Å². The minimum atomic E-state index is -1.15. The van der Waals surface area contributed by atoms with Gasteiger partial charge in [0.25, 0.3) is 12.2 Å². The largest absolute Gasteiger partial charge is 0.483 e. The molecule has 0 aliphatic carbocycles. The number of hydrogen-bond acceptors (Lipinski definition) is 16. The number of nitrogens with two attached hydrogens (primary N) is 2. The third kappa shape index (κ3) is 22.0. The van der Waals surface area contributed by atoms with Gasteiger partial charge in [0.1, 0.15) is 12.1 Å². The molecule has 0 aliphatic heterocycles. The van der Waals surface area contributed by atoms with Gasteiger partial charge in [-0.1, -0.05) is 13.5 Å². The van der Waals surface area contributed by atoms with E-state index in [9.17, 15) is 24.5 Å². The standard InChI is InChI=1S/C12H12N4O4.C8H12N2O3.C7H16O3.C5H8N2O2.CH4/c1-2-20-12(17)10-11(13)15(7-14-10)8-4-3-5-9(6-8)16(18)19;1-4-12-6-10-7(9-3)8(11)13-5-2;1-4-8-7(9-5-2)10-6-3;1-3-9-5(8)4(6)7-2;/h3-7H,2,13H2,1H3;6-7H,4-5H2,1-2H3;7H,4-6H2,1-3H3;4H,3,6H2,1H3;1H4. The first-order chi connectivity index (χ1) is 24.9. The zero-order valence-electron chi connectivity index (χ0n) is 30.4. The van der Waals surface area contributed by atoms with Crippen LogP contribution in [0.5, 0.6) is 0 Å². The molecule has 0 amide bonds. The monoisotopic (exact) mass is 752 g/mol. The van der Waals surface area contributed by atoms with Gasteiger partial charge in [0, 0.05) is 32.0 Å². The Morgan fingerprint density at radius 2 is 1.45 bits per heavy atom. The van der Waals surface area contributed by atoms with Crippen molar-refractivity contribution >= 4 is 35.8 Å². The summed E-state index contributed by atoms with van der Waals surface area (Å²) in [5, 5.41) is 10.7. The van der Waals surface area contributed by atoms with Gasteiger partial charge in [0.2, 0.25) is 0 Å². The lowest BCUT2D eigenvalue weighted by Crippen LogP contribution is -2.28. The minimum Gasteiger partial charge on any atom is -0.483 e. The van der Waals surface area contributed by atoms with Crippen LogP contribution in [-0.4, -0.2) is 104 Å². The van der Waals surface area contributed by atoms with Crippen LogP contribution >= 0.6 is 0 Å². The minimum absolute atomic E-state index is 0. The summed E-state index contributed by atoms with van der Waals surface area (Å²) in [6, 6.07) is 5.85. The molecule has 0 bridgehead atoms. The Morgan fingerprint density at radius 1 is 0.906 bits per heavy atom. The van der Waals surface area contributed by atoms with Gasteiger partial charge in [0.15, 0.2) is 12.1 Å². The highest BCUT2D eigenvalue weighted by molar-refractivity contribution is 5.92. The van der Waals surface area contributed by atoms with Crippen molar-refractivity contribution in [2.24, 2.45) is 10.7 Å². The number of benzene rings is 1. The van der Waals surface area contributed by atoms with Crippen molar-refractivity contribution in [1.29, 1.82) is 0 Å². The summed E-state index contributed by atoms with van der Waals surface area (Å²) >= 11 is 0. The molecular weight excluding hydrogens is 700 g/mol. The van der Waals surface area contributed by atoms with Crippen LogP contribution in [0.15, 0.2) is 35.6 Å². The first-order valence-electron chi connectivity index (χ1n) is 15.9. The molecular formula is C33H52N8O12. The normalized spacial score (nSPS) is 10.8. The maximum Gasteiger partial charge on any atom is 0.415 e. The maximum atomic E-state index is 11.6. The molecule has 4 N–H and O–H groups in total. The highest BCUT2D eigenvalue weighted by Gasteiger charge is 2.23. The zero-order valence-corrected chi connectivity index (χ0v) is 30.4. The fourth-order valence-corrected chi connectivity index (χ4v) is 3.05. The van der Waals surface area contributed by atoms with Gasteiger partial charge in [-0.15, -0.1) is 0 Å². The van der Waals surface area contributed by atoms with Crippen molar-refractivity contribution in [3.05, 3.63) is 69.2 Å². The molecule has 0 saturated heterocycles. The zero-order chi connectivity index (χ0) is 39.9. The fraction of sp³-hybridized carbons (Fsp3) is 0.545. The number of ether oxygens (including phenoxy) is 7. The van der Waals surface area contributed by atoms with Crippen LogP contribution in [0.25, 0.3) is 15.4 Å². The van der Waals surface area contributed by atoms with Crippen molar-refractivity contribution in [2.45, 2.75) is 74.7 Å². The molecule has 0 aliphatic rings. The number of aromatic nitrogens is 2. The molecule has 1 aromatic carbocycles. The summed E-state index contributed by atoms with van der Waals surface area (Å²) in [6.07, 6.45) is 0.136. The number of esters is 3. The lowest BCUT2D eigenvalue weighted by molar-refractivity contribution is -0.384. The Bertz CT molecular complexity index is 1440. The van der Waals surface area contributed by atoms with Crippen molar-refractivity contribution in [3.63, 3.8) is 0 Å². The molecule has 0 fully saturated rings. The quantitative estimate of drug-likeness (QED) is 0.0336. The number of nitro groups is 1. The van der Waals surface area contributed by atoms with E-state index in [-0.39, 0.29) is 44.4 Å². The van der Waals surface area contributed by atoms with Crippen LogP contribution < -0.4 is 11.5 Å². The molecule has 0 radical (unpaired) electrons. The average molecular weight is 753 g/mol. The van der Waals surface area contributed by atoms with Crippen molar-refractivity contribution in [3.8, 4) is 5.69 Å². The van der Waals surface area contributed by atoms with Gasteiger partial charge >= 0.3 is 30.2 Å². The van der Waals surface area contributed by atoms with E-state index >= 15 is 0 Å². The molecule has 296 valence electrons. The molecule has 2 rings (SSSR count). The van der Waals surface area contributed by atoms with E-state index in [1.54, 1.807) is 33.8 Å². The number of non-ortho nitro benzene ring substituents is 1. The smallest absolute Gasteiger partial charge is 0.415 e. The van der Waals surface area contributed by atoms with Crippen molar-refractivity contribution in [1.82, 2.24) is 9.55 Å². The number of nitrogen functional groups attached to an aromatic ring is 1. The fourth-order valence-electron chi connectivity index (χ4n) is 3.05. The lowest BCUT2D eigenvalue weighted by Gasteiger charge is -2.15. The Morgan fingerprint density at radius 3 is 1.91 bits per heavy atom. The Labute approximate surface area is 310 Å². The molecule has 1 aromatic heterocycles. The summed E-state index contributed by atoms with van der Waals surface area (Å²) in [5.74, 6) is -1.86. The van der Waals surface area contributed by atoms with Crippen molar-refractivity contribution < 1.29 is 52.5 Å². The number of nitrogens with zero attached hydrogens (tertiary/aromatic N) is 6. The first-order valence-corrected chi connectivity index (χ1v) is 15.9. The van der Waals surface area contributed by atoms with Crippen LogP contribution in [0.1, 0.15) is 66.4 Å². The Hall–Kier alpha value is -5.67. The number of imidazole rings is 1. The Kier molecular flexibility index (Phi) is 31.5. The molecule has 2 aromatic rings. The number of carbonyl (C=O) groups excluding carboxylic acids is 3. The molecule has 0 saturated carbocycles. The third-order valence-electron chi connectivity index (χ3n) is 5.23. The van der Waals surface area contributed by atoms with Crippen LogP contribution in [-0.2, 0) is 42.7 Å². The van der Waals surface area contributed by atoms with E-state index in [4.69, 9.17) is 48.3 Å². The van der Waals surface area contributed by atoms with E-state index in [2.05, 4.69) is 29.1 Å². The molecule has 20 nitrogen and oxygen atoms in total. The summed E-state index contributed by atoms with van der Waals surface area (Å²) in [6.45, 7) is 28.0. The summed E-state index contributed by atoms with van der Waals surface area (Å²) < 4.78 is 35.2. The second-order valence-corrected chi connectivity index (χ2v) is 8.79. The molecule has 1 heterocycles. The molecule has 0 spiro atoms. The Balaban J connectivity index is -0.000000664. The second kappa shape index (κ2) is 32.3. The van der Waals surface area contributed by atoms with Crippen LogP contribution in [0.3, 0.4) is 0 Å². The highest BCUT2D eigenvalue weighted by atomic mass is 16.8. The predicted octanol–water partition coefficient (Wildman–Crippen LogP) is 4.17. The van der Waals surface area contributed by atoms with E-state index in [1.165, 1.54) is 29.1 Å². The SMILES string of the molecule is C.CCOC(=O)c1ncn(-c2cccc([N+](=O)[O-])c2)c1N.CCOC(OCC)OCC.[C-]#[N+]C(N)C(=O)OCC.[C-]#[N+]C(N=COCC)C(=O)OCC. The van der Waals surface area contributed by atoms with E-state index in [1.807, 2.05) is 20.8 Å². The van der Waals surface area contributed by atoms with E-state index in [0.29, 0.717) is 32.1 Å². The van der Waals surface area contributed by atoms with Gasteiger partial charge in [-0.05, 0) is 54.5 Å². The summed E-state index contributed by atoms with van der Waals surface area (Å²) in [5.41, 5.74) is 11.1. The molecule has 53 heavy (non-hydrogen) atoms. The number of rotatable bonds is 17. The highest BCUT2D eigenvalue weighted by Crippen LogP contribution is 2.21. The molecule has 20 heteroatoms. The number of carbonyl (C=O) groups is 3. The predicted molar refractivity (Wildman–Crippen MR) is 194 cm³/mol. The number of aliphatic imine (C=N–C) groups is 1. The molecule has 2 atom stereocenters. The third-order valence-corrected chi connectivity index (χ3v) is 5.23. The van der Waals surface area contributed by atoms with Crippen LogP contribution in [0.4, 0.5) is 11.5 Å². The second-order valence-electron chi connectivity index (χ2n) is 8.79. The van der Waals surface area contributed by atoms with E-state index in [0.717, 1.165) is 6.40 Å². The summed E-state index contributed by atoms with van der Waals surface area (Å²) in [7, 11) is 0. The van der Waals surface area contributed by atoms with Gasteiger partial charge < -0.3 is 38.9 Å². The average Bonchev–Trinajstić information content (AvgIpc) is 3.52. The number of hydrogen-bond donors (Lipinski definition) is 2. The van der Waals surface area contributed by atoms with Crippen molar-refractivity contribution in [2.75, 3.05) is 52.0 Å². The number of anilines is 1. The van der Waals surface area contributed by atoms with Gasteiger partial charge in [0.05, 0.1) is 37.0 Å².